The molecule has 2 aromatic rings. The fourth-order valence-electron chi connectivity index (χ4n) is 8.38. The predicted octanol–water partition coefficient (Wildman–Crippen LogP) is 2.23. The van der Waals surface area contributed by atoms with Crippen molar-refractivity contribution in [3.05, 3.63) is 47.0 Å². The van der Waals surface area contributed by atoms with Crippen molar-refractivity contribution in [1.82, 2.24) is 0 Å². The van der Waals surface area contributed by atoms with E-state index in [4.69, 9.17) is 71.1 Å². The molecular formula is C49H54O27. The van der Waals surface area contributed by atoms with Gasteiger partial charge in [0.05, 0.1) is 23.8 Å². The minimum atomic E-state index is -3.26. The summed E-state index contributed by atoms with van der Waals surface area (Å²) >= 11 is 0. The Morgan fingerprint density at radius 3 is 1.59 bits per heavy atom. The highest BCUT2D eigenvalue weighted by molar-refractivity contribution is 5.82. The van der Waals surface area contributed by atoms with Crippen LogP contribution in [0.3, 0.4) is 0 Å². The SMILES string of the molecule is CC(=O)Oc1cc(OC(C)=O)c2c(c1)OC(c1ccc(OC(C)=O)c(OC(C)=O)c1)=C([C@@]1(OC(C)=O)O[C@H](CO[C@@H]3O[C@@H](C)[C@H](OC(C)=O)[C@@H](OC(C)=O)[C@H]3OC(C)=O)[C@@H](O)[C@H](OC(C)=O)[C@H]1OC(C)=O)C2OC(C)=O. The number of carbonyl (C=O) groups excluding carboxylic acids is 11. The van der Waals surface area contributed by atoms with E-state index in [2.05, 4.69) is 0 Å². The van der Waals surface area contributed by atoms with Gasteiger partial charge in [0.15, 0.2) is 48.3 Å². The normalized spacial score (nSPS) is 25.6. The molecule has 3 aliphatic heterocycles. The molecule has 3 aliphatic rings. The predicted molar refractivity (Wildman–Crippen MR) is 244 cm³/mol. The first-order valence-electron chi connectivity index (χ1n) is 22.9. The van der Waals surface area contributed by atoms with Crippen LogP contribution in [0.25, 0.3) is 5.76 Å². The van der Waals surface area contributed by atoms with Gasteiger partial charge in [0.25, 0.3) is 5.79 Å². The summed E-state index contributed by atoms with van der Waals surface area (Å²) in [4.78, 5) is 141. The van der Waals surface area contributed by atoms with Crippen LogP contribution in [-0.4, -0.2) is 138 Å². The average Bonchev–Trinajstić information content (AvgIpc) is 3.26. The molecule has 2 fully saturated rings. The van der Waals surface area contributed by atoms with Crippen LogP contribution in [0.1, 0.15) is 100 Å². The largest absolute Gasteiger partial charge is 0.456 e. The van der Waals surface area contributed by atoms with Crippen molar-refractivity contribution in [2.45, 2.75) is 150 Å². The number of hydrogen-bond acceptors (Lipinski definition) is 27. The molecule has 5 rings (SSSR count). The van der Waals surface area contributed by atoms with E-state index in [1.165, 1.54) is 13.0 Å². The molecule has 0 aromatic heterocycles. The summed E-state index contributed by atoms with van der Waals surface area (Å²) in [5, 5.41) is 12.3. The molecule has 0 aliphatic carbocycles. The van der Waals surface area contributed by atoms with E-state index in [1.54, 1.807) is 0 Å². The van der Waals surface area contributed by atoms with Crippen LogP contribution in [0.5, 0.6) is 28.7 Å². The zero-order valence-electron chi connectivity index (χ0n) is 42.9. The summed E-state index contributed by atoms with van der Waals surface area (Å²) in [5.41, 5.74) is -1.46. The Hall–Kier alpha value is -8.01. The average molecular weight is 1070 g/mol. The van der Waals surface area contributed by atoms with Gasteiger partial charge in [-0.3, -0.25) is 52.7 Å². The summed E-state index contributed by atoms with van der Waals surface area (Å²) in [6, 6.07) is 5.45. The van der Waals surface area contributed by atoms with Gasteiger partial charge in [0, 0.05) is 93.9 Å². The van der Waals surface area contributed by atoms with Gasteiger partial charge in [0.2, 0.25) is 6.10 Å². The van der Waals surface area contributed by atoms with E-state index in [1.807, 2.05) is 0 Å². The van der Waals surface area contributed by atoms with Gasteiger partial charge in [-0.25, -0.2) is 0 Å². The van der Waals surface area contributed by atoms with Gasteiger partial charge >= 0.3 is 65.7 Å². The van der Waals surface area contributed by atoms with E-state index in [9.17, 15) is 57.8 Å². The molecule has 27 nitrogen and oxygen atoms in total. The van der Waals surface area contributed by atoms with Gasteiger partial charge in [-0.15, -0.1) is 0 Å². The molecule has 0 bridgehead atoms. The zero-order valence-corrected chi connectivity index (χ0v) is 42.9. The maximum Gasteiger partial charge on any atom is 0.308 e. The van der Waals surface area contributed by atoms with Crippen molar-refractivity contribution < 1.29 is 129 Å². The summed E-state index contributed by atoms with van der Waals surface area (Å²) in [6.45, 7) is 11.0. The summed E-state index contributed by atoms with van der Waals surface area (Å²) in [5.74, 6) is -17.3. The fraction of sp³-hybridized carbons (Fsp3) is 0.490. The lowest BCUT2D eigenvalue weighted by molar-refractivity contribution is -0.353. The van der Waals surface area contributed by atoms with E-state index in [-0.39, 0.29) is 17.1 Å². The molecule has 1 unspecified atom stereocenters. The molecule has 76 heavy (non-hydrogen) atoms. The van der Waals surface area contributed by atoms with Gasteiger partial charge in [-0.2, -0.15) is 0 Å². The Bertz CT molecular complexity index is 2710. The van der Waals surface area contributed by atoms with Crippen molar-refractivity contribution in [2.24, 2.45) is 0 Å². The molecule has 0 amide bonds. The van der Waals surface area contributed by atoms with Crippen molar-refractivity contribution in [3.8, 4) is 28.7 Å². The molecule has 2 saturated heterocycles. The lowest BCUT2D eigenvalue weighted by Gasteiger charge is -2.52. The van der Waals surface area contributed by atoms with Gasteiger partial charge < -0.3 is 76.2 Å². The number of carbonyl (C=O) groups is 11. The molecule has 3 heterocycles. The number of aliphatic hydroxyl groups excluding tert-OH is 1. The van der Waals surface area contributed by atoms with E-state index >= 15 is 0 Å². The van der Waals surface area contributed by atoms with Crippen molar-refractivity contribution >= 4 is 71.4 Å². The molecule has 0 radical (unpaired) electrons. The third-order valence-electron chi connectivity index (χ3n) is 10.6. The molecule has 412 valence electrons. The van der Waals surface area contributed by atoms with E-state index < -0.39 is 173 Å². The van der Waals surface area contributed by atoms with Crippen LogP contribution < -0.4 is 23.7 Å². The fourth-order valence-corrected chi connectivity index (χ4v) is 8.38. The minimum absolute atomic E-state index is 0.274. The number of hydrogen-bond donors (Lipinski definition) is 1. The Morgan fingerprint density at radius 2 is 1.05 bits per heavy atom. The number of ether oxygens (including phenoxy) is 15. The standard InChI is InChI=1S/C49H54O27/c1-19-41(68-24(6)54)45(71-27(9)57)46(72-28(10)58)48(63-19)62-18-37-40(61)44(70-26(8)56)47(73-29(11)59)49(76-37,75-30(12)60)39-42(31-13-14-33(65-21(3)51)34(15-31)66-22(4)52)74-36-17-32(64-20(2)50)16-35(67-23(5)53)38(36)43(39)69-25(7)55/h13-17,19,37,40-41,43-48,61H,18H2,1-12H3/t19-,37+,40+,41-,43?,44-,45+,46+,47+,48+,49+/m0/s1. The lowest BCUT2D eigenvalue weighted by Crippen LogP contribution is -2.70. The highest BCUT2D eigenvalue weighted by Gasteiger charge is 2.67. The van der Waals surface area contributed by atoms with Gasteiger partial charge in [-0.1, -0.05) is 0 Å². The first-order valence-corrected chi connectivity index (χ1v) is 22.9. The summed E-state index contributed by atoms with van der Waals surface area (Å²) < 4.78 is 86.8. The second-order valence-corrected chi connectivity index (χ2v) is 17.0. The highest BCUT2D eigenvalue weighted by atomic mass is 16.8. The van der Waals surface area contributed by atoms with Crippen molar-refractivity contribution in [1.29, 1.82) is 0 Å². The minimum Gasteiger partial charge on any atom is -0.456 e. The maximum absolute atomic E-state index is 13.8. The quantitative estimate of drug-likeness (QED) is 0.143. The Balaban J connectivity index is 1.92. The monoisotopic (exact) mass is 1070 g/mol. The zero-order chi connectivity index (χ0) is 56.7. The number of benzene rings is 2. The second-order valence-electron chi connectivity index (χ2n) is 17.0. The van der Waals surface area contributed by atoms with Crippen LogP contribution >= 0.6 is 0 Å². The molecular weight excluding hydrogens is 1020 g/mol. The maximum atomic E-state index is 13.8. The van der Waals surface area contributed by atoms with Gasteiger partial charge in [0.1, 0.15) is 35.2 Å². The first-order chi connectivity index (χ1) is 35.5. The van der Waals surface area contributed by atoms with E-state index in [0.717, 1.165) is 100 Å². The van der Waals surface area contributed by atoms with E-state index in [0.29, 0.717) is 0 Å². The molecule has 11 atom stereocenters. The smallest absolute Gasteiger partial charge is 0.308 e. The molecule has 2 aromatic carbocycles. The number of fused-ring (bicyclic) bond motifs is 1. The Morgan fingerprint density at radius 1 is 0.539 bits per heavy atom. The van der Waals surface area contributed by atoms with Crippen LogP contribution in [0, 0.1) is 0 Å². The van der Waals surface area contributed by atoms with Crippen molar-refractivity contribution in [3.63, 3.8) is 0 Å². The molecule has 27 heteroatoms. The summed E-state index contributed by atoms with van der Waals surface area (Å²) in [7, 11) is 0. The number of esters is 11. The Labute approximate surface area is 432 Å². The summed E-state index contributed by atoms with van der Waals surface area (Å²) in [6.07, 6.45) is -18.8. The van der Waals surface area contributed by atoms with Crippen LogP contribution in [0.15, 0.2) is 35.9 Å². The Kier molecular flexibility index (Phi) is 19.0. The second kappa shape index (κ2) is 24.6. The third-order valence-corrected chi connectivity index (χ3v) is 10.6. The third kappa shape index (κ3) is 14.2. The highest BCUT2D eigenvalue weighted by Crippen LogP contribution is 2.56. The van der Waals surface area contributed by atoms with Crippen molar-refractivity contribution in [2.75, 3.05) is 6.61 Å². The molecule has 0 saturated carbocycles. The molecule has 0 spiro atoms. The lowest BCUT2D eigenvalue weighted by atomic mass is 9.80. The molecule has 1 N–H and O–H groups in total. The number of aliphatic hydroxyl groups is 1. The van der Waals surface area contributed by atoms with Gasteiger partial charge in [-0.05, 0) is 25.1 Å². The first kappa shape index (κ1) is 58.9. The topological polar surface area (TPSA) is 346 Å². The number of rotatable bonds is 16. The van der Waals surface area contributed by atoms with Crippen LogP contribution in [0.4, 0.5) is 0 Å². The van der Waals surface area contributed by atoms with Crippen LogP contribution in [0.2, 0.25) is 0 Å². The van der Waals surface area contributed by atoms with Crippen LogP contribution in [-0.2, 0) is 100 Å².